The number of hydrogen-bond donors (Lipinski definition) is 0. The number of benzene rings is 2. The zero-order chi connectivity index (χ0) is 20.8. The lowest BCUT2D eigenvalue weighted by atomic mass is 9.94. The topological polar surface area (TPSA) is 55.3 Å². The van der Waals surface area contributed by atoms with E-state index >= 15 is 0 Å². The van der Waals surface area contributed by atoms with Gasteiger partial charge >= 0.3 is 0 Å². The van der Waals surface area contributed by atoms with Crippen LogP contribution in [0, 0.1) is 0 Å². The van der Waals surface area contributed by atoms with Gasteiger partial charge in [0, 0.05) is 37.2 Å². The van der Waals surface area contributed by atoms with Crippen LogP contribution in [0.25, 0.3) is 11.1 Å². The molecule has 2 atom stereocenters. The molecular formula is C25H27N3O2. The lowest BCUT2D eigenvalue weighted by molar-refractivity contribution is -0.136. The van der Waals surface area contributed by atoms with Crippen LogP contribution < -0.4 is 0 Å². The van der Waals surface area contributed by atoms with E-state index in [1.807, 2.05) is 53.7 Å². The number of ether oxygens (including phenoxy) is 1. The minimum absolute atomic E-state index is 0.0214. The van der Waals surface area contributed by atoms with E-state index in [2.05, 4.69) is 35.1 Å². The third-order valence-electron chi connectivity index (χ3n) is 5.71. The highest BCUT2D eigenvalue weighted by Gasteiger charge is 2.30. The Hall–Kier alpha value is -3.05. The van der Waals surface area contributed by atoms with Crippen LogP contribution in [0.5, 0.6) is 0 Å². The molecule has 1 saturated heterocycles. The Morgan fingerprint density at radius 1 is 1.07 bits per heavy atom. The molecule has 5 nitrogen and oxygen atoms in total. The second-order valence-electron chi connectivity index (χ2n) is 7.63. The molecule has 1 amide bonds. The van der Waals surface area contributed by atoms with Gasteiger partial charge in [0.2, 0.25) is 5.91 Å². The summed E-state index contributed by atoms with van der Waals surface area (Å²) in [6.07, 6.45) is 7.27. The van der Waals surface area contributed by atoms with Crippen LogP contribution in [0.1, 0.15) is 37.0 Å². The fourth-order valence-corrected chi connectivity index (χ4v) is 4.17. The summed E-state index contributed by atoms with van der Waals surface area (Å²) in [6.45, 7) is 3.43. The molecule has 3 aromatic rings. The highest BCUT2D eigenvalue weighted by molar-refractivity contribution is 5.79. The number of amides is 1. The van der Waals surface area contributed by atoms with Crippen LogP contribution in [-0.4, -0.2) is 40.0 Å². The van der Waals surface area contributed by atoms with Crippen molar-refractivity contribution in [2.45, 2.75) is 38.3 Å². The number of aromatic nitrogens is 2. The third-order valence-corrected chi connectivity index (χ3v) is 5.71. The summed E-state index contributed by atoms with van der Waals surface area (Å²) in [7, 11) is 0. The normalized spacial score (nSPS) is 18.7. The number of carbonyl (C=O) groups is 1. The summed E-state index contributed by atoms with van der Waals surface area (Å²) >= 11 is 0. The second-order valence-corrected chi connectivity index (χ2v) is 7.63. The van der Waals surface area contributed by atoms with E-state index in [1.165, 1.54) is 6.33 Å². The van der Waals surface area contributed by atoms with Gasteiger partial charge < -0.3 is 9.64 Å². The van der Waals surface area contributed by atoms with E-state index < -0.39 is 0 Å². The van der Waals surface area contributed by atoms with Crippen molar-refractivity contribution in [2.75, 3.05) is 13.2 Å². The van der Waals surface area contributed by atoms with Crippen LogP contribution >= 0.6 is 0 Å². The van der Waals surface area contributed by atoms with Gasteiger partial charge in [-0.05, 0) is 42.5 Å². The summed E-state index contributed by atoms with van der Waals surface area (Å²) in [4.78, 5) is 23.3. The molecule has 0 N–H and O–H groups in total. The molecule has 0 spiro atoms. The van der Waals surface area contributed by atoms with Crippen molar-refractivity contribution in [3.05, 3.63) is 84.4 Å². The fourth-order valence-electron chi connectivity index (χ4n) is 4.17. The zero-order valence-electron chi connectivity index (χ0n) is 17.3. The van der Waals surface area contributed by atoms with E-state index in [0.29, 0.717) is 19.6 Å². The third kappa shape index (κ3) is 4.74. The summed E-state index contributed by atoms with van der Waals surface area (Å²) in [6, 6.07) is 18.5. The lowest BCUT2D eigenvalue weighted by Gasteiger charge is -2.37. The summed E-state index contributed by atoms with van der Waals surface area (Å²) < 4.78 is 6.11. The highest BCUT2D eigenvalue weighted by Crippen LogP contribution is 2.32. The van der Waals surface area contributed by atoms with Gasteiger partial charge in [-0.1, -0.05) is 48.5 Å². The molecule has 0 bridgehead atoms. The molecular weight excluding hydrogens is 374 g/mol. The largest absolute Gasteiger partial charge is 0.373 e. The second kappa shape index (κ2) is 9.63. The highest BCUT2D eigenvalue weighted by atomic mass is 16.5. The molecule has 2 heterocycles. The van der Waals surface area contributed by atoms with Crippen molar-refractivity contribution in [1.29, 1.82) is 0 Å². The molecule has 0 saturated carbocycles. The van der Waals surface area contributed by atoms with Gasteiger partial charge in [-0.2, -0.15) is 0 Å². The van der Waals surface area contributed by atoms with Gasteiger partial charge in [0.05, 0.1) is 12.5 Å². The number of hydrogen-bond acceptors (Lipinski definition) is 4. The van der Waals surface area contributed by atoms with Gasteiger partial charge in [-0.25, -0.2) is 9.97 Å². The predicted molar refractivity (Wildman–Crippen MR) is 117 cm³/mol. The average Bonchev–Trinajstić information content (AvgIpc) is 2.81. The van der Waals surface area contributed by atoms with Crippen LogP contribution in [0.2, 0.25) is 0 Å². The van der Waals surface area contributed by atoms with Crippen LogP contribution in [0.3, 0.4) is 0 Å². The number of carbonyl (C=O) groups excluding carboxylic acids is 1. The zero-order valence-corrected chi connectivity index (χ0v) is 17.3. The minimum atomic E-state index is -0.0214. The first kappa shape index (κ1) is 20.2. The Bertz CT molecular complexity index is 962. The van der Waals surface area contributed by atoms with Crippen molar-refractivity contribution >= 4 is 5.91 Å². The standard InChI is InChI=1S/C25H27N3O2/c1-2-28(25(29)13-19-7-4-3-5-8-19)23-11-12-30-24(15-23)21-10-6-9-20(14-21)22-16-26-18-27-17-22/h3-10,14,16-18,23-24H,2,11-13,15H2,1H3/t23-,24+/m0/s1. The van der Waals surface area contributed by atoms with Crippen molar-refractivity contribution in [3.63, 3.8) is 0 Å². The van der Waals surface area contributed by atoms with E-state index in [4.69, 9.17) is 4.74 Å². The van der Waals surface area contributed by atoms with Crippen LogP contribution in [0.15, 0.2) is 73.3 Å². The monoisotopic (exact) mass is 401 g/mol. The molecule has 1 aliphatic heterocycles. The number of likely N-dealkylation sites (N-methyl/N-ethyl adjacent to an activating group) is 1. The maximum atomic E-state index is 13.0. The van der Waals surface area contributed by atoms with Gasteiger partial charge in [-0.3, -0.25) is 4.79 Å². The Balaban J connectivity index is 1.48. The quantitative estimate of drug-likeness (QED) is 0.612. The molecule has 0 aliphatic carbocycles. The van der Waals surface area contributed by atoms with E-state index in [1.54, 1.807) is 0 Å². The molecule has 154 valence electrons. The van der Waals surface area contributed by atoms with Gasteiger partial charge in [-0.15, -0.1) is 0 Å². The predicted octanol–water partition coefficient (Wildman–Crippen LogP) is 4.45. The van der Waals surface area contributed by atoms with Crippen molar-refractivity contribution < 1.29 is 9.53 Å². The maximum absolute atomic E-state index is 13.0. The average molecular weight is 402 g/mol. The summed E-state index contributed by atoms with van der Waals surface area (Å²) in [5, 5.41) is 0. The maximum Gasteiger partial charge on any atom is 0.227 e. The minimum Gasteiger partial charge on any atom is -0.373 e. The first-order valence-electron chi connectivity index (χ1n) is 10.5. The first-order chi connectivity index (χ1) is 14.7. The first-order valence-corrected chi connectivity index (χ1v) is 10.5. The molecule has 2 aromatic carbocycles. The Morgan fingerprint density at radius 3 is 2.63 bits per heavy atom. The van der Waals surface area contributed by atoms with E-state index in [9.17, 15) is 4.79 Å². The number of rotatable bonds is 6. The SMILES string of the molecule is CCN(C(=O)Cc1ccccc1)[C@H]1CCO[C@@H](c2cccc(-c3cncnc3)c2)C1. The van der Waals surface area contributed by atoms with Crippen LogP contribution in [0.4, 0.5) is 0 Å². The Morgan fingerprint density at radius 2 is 1.87 bits per heavy atom. The Kier molecular flexibility index (Phi) is 6.50. The molecule has 0 unspecified atom stereocenters. The van der Waals surface area contributed by atoms with Gasteiger partial charge in [0.1, 0.15) is 6.33 Å². The fraction of sp³-hybridized carbons (Fsp3) is 0.320. The molecule has 30 heavy (non-hydrogen) atoms. The summed E-state index contributed by atoms with van der Waals surface area (Å²) in [5.41, 5.74) is 4.25. The lowest BCUT2D eigenvalue weighted by Crippen LogP contribution is -2.44. The van der Waals surface area contributed by atoms with E-state index in [0.717, 1.165) is 35.1 Å². The van der Waals surface area contributed by atoms with Crippen LogP contribution in [-0.2, 0) is 16.0 Å². The van der Waals surface area contributed by atoms with Crippen molar-refractivity contribution in [3.8, 4) is 11.1 Å². The van der Waals surface area contributed by atoms with Gasteiger partial charge in [0.15, 0.2) is 0 Å². The van der Waals surface area contributed by atoms with Crippen molar-refractivity contribution in [2.24, 2.45) is 0 Å². The molecule has 1 aromatic heterocycles. The molecule has 5 heteroatoms. The summed E-state index contributed by atoms with van der Waals surface area (Å²) in [5.74, 6) is 0.185. The van der Waals surface area contributed by atoms with Crippen molar-refractivity contribution in [1.82, 2.24) is 14.9 Å². The Labute approximate surface area is 177 Å². The molecule has 1 fully saturated rings. The molecule has 1 aliphatic rings. The van der Waals surface area contributed by atoms with Gasteiger partial charge in [0.25, 0.3) is 0 Å². The number of nitrogens with zero attached hydrogens (tertiary/aromatic N) is 3. The van der Waals surface area contributed by atoms with E-state index in [-0.39, 0.29) is 18.1 Å². The molecule has 4 rings (SSSR count). The smallest absolute Gasteiger partial charge is 0.227 e. The molecule has 0 radical (unpaired) electrons.